The Morgan fingerprint density at radius 1 is 1.24 bits per heavy atom. The number of hydrogen-bond donors (Lipinski definition) is 0. The van der Waals surface area contributed by atoms with E-state index in [0.29, 0.717) is 38.4 Å². The van der Waals surface area contributed by atoms with Gasteiger partial charge in [0.15, 0.2) is 5.82 Å². The van der Waals surface area contributed by atoms with Crippen LogP contribution in [-0.2, 0) is 16.6 Å². The summed E-state index contributed by atoms with van der Waals surface area (Å²) in [6, 6.07) is 7.56. The van der Waals surface area contributed by atoms with Crippen molar-refractivity contribution in [1.29, 1.82) is 0 Å². The van der Waals surface area contributed by atoms with E-state index in [0.717, 1.165) is 17.5 Å². The number of hydrogen-bond acceptors (Lipinski definition) is 5. The summed E-state index contributed by atoms with van der Waals surface area (Å²) in [5.74, 6) is 0.667. The Hall–Kier alpha value is -1.93. The Bertz CT molecular complexity index is 970. The van der Waals surface area contributed by atoms with Gasteiger partial charge in [0.05, 0.1) is 16.8 Å². The Balaban J connectivity index is 1.69. The van der Waals surface area contributed by atoms with E-state index in [4.69, 9.17) is 0 Å². The standard InChI is InChI=1S/C17H22N4O3S/c1-2-20-15-7-4-3-6-14(15)18-16(17(20)22)19-10-8-13(12-19)21-9-5-11-25(21,23)24/h3-4,6-7,13H,2,5,8-12H2,1H3/t13-/m0/s1. The molecule has 8 heteroatoms. The van der Waals surface area contributed by atoms with E-state index in [-0.39, 0.29) is 17.4 Å². The Kier molecular flexibility index (Phi) is 4.04. The van der Waals surface area contributed by atoms with Gasteiger partial charge in [-0.05, 0) is 31.9 Å². The van der Waals surface area contributed by atoms with Gasteiger partial charge in [-0.15, -0.1) is 0 Å². The fourth-order valence-corrected chi connectivity index (χ4v) is 5.70. The van der Waals surface area contributed by atoms with Gasteiger partial charge in [0.2, 0.25) is 10.0 Å². The second-order valence-corrected chi connectivity index (χ2v) is 8.68. The van der Waals surface area contributed by atoms with E-state index < -0.39 is 10.0 Å². The van der Waals surface area contributed by atoms with Crippen molar-refractivity contribution in [3.63, 3.8) is 0 Å². The van der Waals surface area contributed by atoms with Crippen LogP contribution in [0.4, 0.5) is 5.82 Å². The molecule has 25 heavy (non-hydrogen) atoms. The first-order valence-corrected chi connectivity index (χ1v) is 10.4. The number of rotatable bonds is 3. The summed E-state index contributed by atoms with van der Waals surface area (Å²) in [5.41, 5.74) is 1.51. The van der Waals surface area contributed by atoms with Gasteiger partial charge in [0.1, 0.15) is 0 Å². The molecule has 2 aliphatic rings. The van der Waals surface area contributed by atoms with Crippen LogP contribution in [0.3, 0.4) is 0 Å². The van der Waals surface area contributed by atoms with Gasteiger partial charge in [-0.2, -0.15) is 4.31 Å². The molecule has 1 atom stereocenters. The van der Waals surface area contributed by atoms with E-state index in [1.54, 1.807) is 8.87 Å². The Morgan fingerprint density at radius 3 is 2.76 bits per heavy atom. The minimum atomic E-state index is -3.13. The van der Waals surface area contributed by atoms with E-state index in [1.165, 1.54) is 0 Å². The zero-order valence-electron chi connectivity index (χ0n) is 14.3. The van der Waals surface area contributed by atoms with Gasteiger partial charge in [-0.1, -0.05) is 12.1 Å². The third kappa shape index (κ3) is 2.73. The third-order valence-electron chi connectivity index (χ3n) is 5.16. The first kappa shape index (κ1) is 16.5. The number of para-hydroxylation sites is 2. The topological polar surface area (TPSA) is 75.5 Å². The van der Waals surface area contributed by atoms with Crippen LogP contribution in [0.2, 0.25) is 0 Å². The zero-order valence-corrected chi connectivity index (χ0v) is 15.1. The maximum Gasteiger partial charge on any atom is 0.293 e. The summed E-state index contributed by atoms with van der Waals surface area (Å²) in [7, 11) is -3.13. The average molecular weight is 362 g/mol. The molecular formula is C17H22N4O3S. The number of nitrogens with zero attached hydrogens (tertiary/aromatic N) is 4. The average Bonchev–Trinajstić information content (AvgIpc) is 3.20. The Labute approximate surface area is 146 Å². The molecule has 2 saturated heterocycles. The van der Waals surface area contributed by atoms with Gasteiger partial charge in [-0.25, -0.2) is 13.4 Å². The molecule has 0 saturated carbocycles. The summed E-state index contributed by atoms with van der Waals surface area (Å²) in [4.78, 5) is 19.4. The van der Waals surface area contributed by atoms with E-state index >= 15 is 0 Å². The van der Waals surface area contributed by atoms with Crippen molar-refractivity contribution < 1.29 is 8.42 Å². The molecule has 0 bridgehead atoms. The normalized spacial score (nSPS) is 23.6. The van der Waals surface area contributed by atoms with Crippen LogP contribution in [-0.4, -0.2) is 53.7 Å². The molecule has 3 heterocycles. The van der Waals surface area contributed by atoms with E-state index in [2.05, 4.69) is 4.98 Å². The smallest absolute Gasteiger partial charge is 0.293 e. The Morgan fingerprint density at radius 2 is 2.04 bits per heavy atom. The van der Waals surface area contributed by atoms with Crippen molar-refractivity contribution >= 4 is 26.9 Å². The van der Waals surface area contributed by atoms with Crippen LogP contribution in [0.25, 0.3) is 11.0 Å². The number of benzene rings is 1. The van der Waals surface area contributed by atoms with Crippen LogP contribution < -0.4 is 10.5 Å². The first-order valence-electron chi connectivity index (χ1n) is 8.75. The summed E-state index contributed by atoms with van der Waals surface area (Å²) in [6.45, 7) is 4.30. The molecule has 1 aromatic heterocycles. The van der Waals surface area contributed by atoms with Gasteiger partial charge in [0.25, 0.3) is 5.56 Å². The highest BCUT2D eigenvalue weighted by molar-refractivity contribution is 7.89. The monoisotopic (exact) mass is 362 g/mol. The van der Waals surface area contributed by atoms with Gasteiger partial charge >= 0.3 is 0 Å². The molecule has 0 N–H and O–H groups in total. The third-order valence-corrected chi connectivity index (χ3v) is 7.16. The molecule has 7 nitrogen and oxygen atoms in total. The predicted octanol–water partition coefficient (Wildman–Crippen LogP) is 1.03. The van der Waals surface area contributed by atoms with Crippen LogP contribution in [0.1, 0.15) is 19.8 Å². The maximum atomic E-state index is 12.9. The number of fused-ring (bicyclic) bond motifs is 1. The fourth-order valence-electron chi connectivity index (χ4n) is 3.94. The lowest BCUT2D eigenvalue weighted by Gasteiger charge is -2.23. The van der Waals surface area contributed by atoms with Crippen molar-refractivity contribution in [1.82, 2.24) is 13.9 Å². The van der Waals surface area contributed by atoms with Crippen molar-refractivity contribution in [3.05, 3.63) is 34.6 Å². The second kappa shape index (κ2) is 6.10. The van der Waals surface area contributed by atoms with Crippen molar-refractivity contribution in [2.75, 3.05) is 30.3 Å². The molecule has 0 aliphatic carbocycles. The molecule has 2 aromatic rings. The lowest BCUT2D eigenvalue weighted by atomic mass is 10.2. The van der Waals surface area contributed by atoms with Gasteiger partial charge in [-0.3, -0.25) is 4.79 Å². The van der Waals surface area contributed by atoms with Crippen LogP contribution in [0.5, 0.6) is 0 Å². The predicted molar refractivity (Wildman–Crippen MR) is 97.4 cm³/mol. The second-order valence-electron chi connectivity index (χ2n) is 6.64. The fraction of sp³-hybridized carbons (Fsp3) is 0.529. The van der Waals surface area contributed by atoms with E-state index in [9.17, 15) is 13.2 Å². The molecule has 0 radical (unpaired) electrons. The number of aryl methyl sites for hydroxylation is 1. The van der Waals surface area contributed by atoms with E-state index in [1.807, 2.05) is 36.1 Å². The van der Waals surface area contributed by atoms with Crippen LogP contribution >= 0.6 is 0 Å². The first-order chi connectivity index (χ1) is 12.0. The molecule has 2 fully saturated rings. The highest BCUT2D eigenvalue weighted by Crippen LogP contribution is 2.26. The molecule has 1 aromatic carbocycles. The molecule has 4 rings (SSSR count). The van der Waals surface area contributed by atoms with Crippen LogP contribution in [0, 0.1) is 0 Å². The lowest BCUT2D eigenvalue weighted by Crippen LogP contribution is -2.40. The summed E-state index contributed by atoms with van der Waals surface area (Å²) in [6.07, 6.45) is 1.43. The van der Waals surface area contributed by atoms with Crippen molar-refractivity contribution in [2.24, 2.45) is 0 Å². The lowest BCUT2D eigenvalue weighted by molar-refractivity contribution is 0.361. The van der Waals surface area contributed by atoms with Crippen LogP contribution in [0.15, 0.2) is 29.1 Å². The van der Waals surface area contributed by atoms with Crippen molar-refractivity contribution in [2.45, 2.75) is 32.4 Å². The van der Waals surface area contributed by atoms with Crippen molar-refractivity contribution in [3.8, 4) is 0 Å². The highest BCUT2D eigenvalue weighted by atomic mass is 32.2. The summed E-state index contributed by atoms with van der Waals surface area (Å²) in [5, 5.41) is 0. The SMILES string of the molecule is CCn1c(=O)c(N2CC[C@H](N3CCCS3(=O)=O)C2)nc2ccccc21. The molecule has 2 aliphatic heterocycles. The minimum Gasteiger partial charge on any atom is -0.350 e. The molecule has 0 spiro atoms. The number of sulfonamides is 1. The highest BCUT2D eigenvalue weighted by Gasteiger charge is 2.38. The van der Waals surface area contributed by atoms with Gasteiger partial charge in [0, 0.05) is 32.2 Å². The largest absolute Gasteiger partial charge is 0.350 e. The summed E-state index contributed by atoms with van der Waals surface area (Å²) >= 11 is 0. The zero-order chi connectivity index (χ0) is 17.6. The van der Waals surface area contributed by atoms with Gasteiger partial charge < -0.3 is 9.47 Å². The molecule has 0 unspecified atom stereocenters. The molecule has 0 amide bonds. The number of anilines is 1. The number of aromatic nitrogens is 2. The summed E-state index contributed by atoms with van der Waals surface area (Å²) < 4.78 is 27.7. The maximum absolute atomic E-state index is 12.9. The minimum absolute atomic E-state index is 0.0600. The quantitative estimate of drug-likeness (QED) is 0.815. The molecule has 134 valence electrons. The molecular weight excluding hydrogens is 340 g/mol.